The molecule has 0 aliphatic carbocycles. The fraction of sp³-hybridized carbons (Fsp3) is 0.167. The van der Waals surface area contributed by atoms with Crippen molar-refractivity contribution in [3.05, 3.63) is 76.0 Å². The Morgan fingerprint density at radius 2 is 1.91 bits per heavy atom. The molecule has 0 spiro atoms. The minimum atomic E-state index is -0.498. The van der Waals surface area contributed by atoms with Gasteiger partial charge in [-0.3, -0.25) is 14.3 Å². The Kier molecular flexibility index (Phi) is 6.57. The summed E-state index contributed by atoms with van der Waals surface area (Å²) in [6.45, 7) is 5.56. The summed E-state index contributed by atoms with van der Waals surface area (Å²) < 4.78 is 2.74. The molecule has 2 heterocycles. The molecule has 0 saturated heterocycles. The first kappa shape index (κ1) is 22.7. The summed E-state index contributed by atoms with van der Waals surface area (Å²) in [7, 11) is 0. The van der Waals surface area contributed by atoms with Crippen LogP contribution in [0, 0.1) is 13.8 Å². The lowest BCUT2D eigenvalue weighted by Crippen LogP contribution is -2.25. The van der Waals surface area contributed by atoms with Crippen LogP contribution in [0.4, 0.5) is 11.4 Å². The fourth-order valence-electron chi connectivity index (χ4n) is 3.37. The van der Waals surface area contributed by atoms with Crippen molar-refractivity contribution in [2.24, 2.45) is 0 Å². The van der Waals surface area contributed by atoms with Crippen LogP contribution in [-0.4, -0.2) is 26.6 Å². The Bertz CT molecular complexity index is 1340. The molecule has 0 aliphatic rings. The third-order valence-electron chi connectivity index (χ3n) is 4.97. The molecule has 4 rings (SSSR count). The lowest BCUT2D eigenvalue weighted by molar-refractivity contribution is -0.119. The second kappa shape index (κ2) is 9.56. The van der Waals surface area contributed by atoms with Gasteiger partial charge in [0.25, 0.3) is 0 Å². The molecule has 7 nitrogen and oxygen atoms in total. The van der Waals surface area contributed by atoms with Crippen LogP contribution in [-0.2, 0) is 9.59 Å². The van der Waals surface area contributed by atoms with Gasteiger partial charge in [-0.05, 0) is 63.2 Å². The van der Waals surface area contributed by atoms with Gasteiger partial charge in [-0.1, -0.05) is 23.7 Å². The van der Waals surface area contributed by atoms with E-state index in [1.165, 1.54) is 17.4 Å². The number of hydrogen-bond acceptors (Lipinski definition) is 5. The Hall–Kier alpha value is -3.49. The number of carbonyl (C=O) groups excluding carboxylic acids is 2. The van der Waals surface area contributed by atoms with Crippen LogP contribution in [0.15, 0.2) is 54.6 Å². The minimum Gasteiger partial charge on any atom is -0.323 e. The molecule has 0 bridgehead atoms. The summed E-state index contributed by atoms with van der Waals surface area (Å²) in [5.74, 6) is -0.543. The smallest absolute Gasteiger partial charge is 0.248 e. The van der Waals surface area contributed by atoms with Crippen LogP contribution in [0.2, 0.25) is 5.02 Å². The number of nitrogens with zero attached hydrogens (tertiary/aromatic N) is 3. The standard InChI is InChI=1S/C24H22ClN5O2S/c1-14-12-15(2)30(29-14)16(3)24(32)28-19-9-8-17(13-18(19)25)26-22(31)10-11-23-27-20-6-4-5-7-21(20)33-23/h4-13,16H,1-3H3,(H,26,31)(H,28,32)/b11-10+. The van der Waals surface area contributed by atoms with Crippen molar-refractivity contribution in [2.45, 2.75) is 26.8 Å². The fourth-order valence-corrected chi connectivity index (χ4v) is 4.47. The van der Waals surface area contributed by atoms with Gasteiger partial charge in [-0.25, -0.2) is 4.98 Å². The number of carbonyl (C=O) groups is 2. The highest BCUT2D eigenvalue weighted by molar-refractivity contribution is 7.19. The molecule has 168 valence electrons. The van der Waals surface area contributed by atoms with Crippen molar-refractivity contribution in [1.29, 1.82) is 0 Å². The van der Waals surface area contributed by atoms with Crippen LogP contribution in [0.3, 0.4) is 0 Å². The number of benzene rings is 2. The molecule has 1 atom stereocenters. The van der Waals surface area contributed by atoms with E-state index in [4.69, 9.17) is 11.6 Å². The molecule has 9 heteroatoms. The normalized spacial score (nSPS) is 12.2. The van der Waals surface area contributed by atoms with Crippen LogP contribution >= 0.6 is 22.9 Å². The first-order chi connectivity index (χ1) is 15.8. The van der Waals surface area contributed by atoms with Gasteiger partial charge in [0.05, 0.1) is 26.6 Å². The Balaban J connectivity index is 1.39. The van der Waals surface area contributed by atoms with Gasteiger partial charge in [0, 0.05) is 17.5 Å². The number of para-hydroxylation sites is 1. The van der Waals surface area contributed by atoms with Gasteiger partial charge in [-0.2, -0.15) is 5.10 Å². The molecular formula is C24H22ClN5O2S. The highest BCUT2D eigenvalue weighted by Gasteiger charge is 2.19. The molecular weight excluding hydrogens is 458 g/mol. The molecule has 2 aromatic carbocycles. The van der Waals surface area contributed by atoms with E-state index in [-0.39, 0.29) is 11.8 Å². The predicted octanol–water partition coefficient (Wildman–Crippen LogP) is 5.61. The largest absolute Gasteiger partial charge is 0.323 e. The van der Waals surface area contributed by atoms with Gasteiger partial charge < -0.3 is 10.6 Å². The third kappa shape index (κ3) is 5.30. The zero-order chi connectivity index (χ0) is 23.5. The number of amides is 2. The maximum Gasteiger partial charge on any atom is 0.248 e. The highest BCUT2D eigenvalue weighted by Crippen LogP contribution is 2.27. The third-order valence-corrected chi connectivity index (χ3v) is 6.29. The number of hydrogen-bond donors (Lipinski definition) is 2. The van der Waals surface area contributed by atoms with Crippen LogP contribution in [0.5, 0.6) is 0 Å². The maximum absolute atomic E-state index is 12.7. The van der Waals surface area contributed by atoms with Gasteiger partial charge in [0.15, 0.2) is 0 Å². The lowest BCUT2D eigenvalue weighted by Gasteiger charge is -2.15. The molecule has 2 amide bonds. The second-order valence-corrected chi connectivity index (χ2v) is 9.04. The lowest BCUT2D eigenvalue weighted by atomic mass is 10.2. The summed E-state index contributed by atoms with van der Waals surface area (Å²) in [4.78, 5) is 29.4. The van der Waals surface area contributed by atoms with E-state index in [2.05, 4.69) is 20.7 Å². The first-order valence-electron chi connectivity index (χ1n) is 10.3. The Morgan fingerprint density at radius 3 is 2.61 bits per heavy atom. The molecule has 2 N–H and O–H groups in total. The molecule has 0 aliphatic heterocycles. The van der Waals surface area contributed by atoms with E-state index in [0.717, 1.165) is 26.6 Å². The minimum absolute atomic E-state index is 0.237. The SMILES string of the molecule is Cc1cc(C)n(C(C)C(=O)Nc2ccc(NC(=O)/C=C/c3nc4ccccc4s3)cc2Cl)n1. The van der Waals surface area contributed by atoms with Crippen molar-refractivity contribution >= 4 is 62.4 Å². The Morgan fingerprint density at radius 1 is 1.12 bits per heavy atom. The number of fused-ring (bicyclic) bond motifs is 1. The van der Waals surface area contributed by atoms with Crippen LogP contribution < -0.4 is 10.6 Å². The molecule has 2 aromatic heterocycles. The number of halogens is 1. The van der Waals surface area contributed by atoms with E-state index in [9.17, 15) is 9.59 Å². The van der Waals surface area contributed by atoms with E-state index in [1.807, 2.05) is 44.2 Å². The topological polar surface area (TPSA) is 88.9 Å². The monoisotopic (exact) mass is 479 g/mol. The summed E-state index contributed by atoms with van der Waals surface area (Å²) in [6, 6.07) is 14.2. The van der Waals surface area contributed by atoms with E-state index in [1.54, 1.807) is 35.9 Å². The van der Waals surface area contributed by atoms with E-state index >= 15 is 0 Å². The zero-order valence-corrected chi connectivity index (χ0v) is 19.9. The summed E-state index contributed by atoms with van der Waals surface area (Å²) in [5, 5.41) is 11.0. The first-order valence-corrected chi connectivity index (χ1v) is 11.5. The Labute approximate surface area is 200 Å². The van der Waals surface area contributed by atoms with Crippen molar-refractivity contribution in [3.63, 3.8) is 0 Å². The molecule has 33 heavy (non-hydrogen) atoms. The second-order valence-electron chi connectivity index (χ2n) is 7.57. The van der Waals surface area contributed by atoms with E-state index < -0.39 is 6.04 Å². The summed E-state index contributed by atoms with van der Waals surface area (Å²) in [5.41, 5.74) is 3.63. The van der Waals surface area contributed by atoms with E-state index in [0.29, 0.717) is 16.4 Å². The zero-order valence-electron chi connectivity index (χ0n) is 18.3. The van der Waals surface area contributed by atoms with Crippen molar-refractivity contribution in [1.82, 2.24) is 14.8 Å². The van der Waals surface area contributed by atoms with Crippen molar-refractivity contribution < 1.29 is 9.59 Å². The summed E-state index contributed by atoms with van der Waals surface area (Å²) in [6.07, 6.45) is 3.11. The quantitative estimate of drug-likeness (QED) is 0.351. The van der Waals surface area contributed by atoms with Crippen LogP contribution in [0.1, 0.15) is 29.4 Å². The van der Waals surface area contributed by atoms with Crippen molar-refractivity contribution in [3.8, 4) is 0 Å². The molecule has 0 saturated carbocycles. The molecule has 4 aromatic rings. The number of rotatable bonds is 6. The highest BCUT2D eigenvalue weighted by atomic mass is 35.5. The molecule has 0 fully saturated rings. The molecule has 1 unspecified atom stereocenters. The van der Waals surface area contributed by atoms with Gasteiger partial charge >= 0.3 is 0 Å². The number of nitrogens with one attached hydrogen (secondary N) is 2. The predicted molar refractivity (Wildman–Crippen MR) is 134 cm³/mol. The molecule has 0 radical (unpaired) electrons. The number of thiazole rings is 1. The number of anilines is 2. The van der Waals surface area contributed by atoms with Gasteiger partial charge in [0.2, 0.25) is 11.8 Å². The van der Waals surface area contributed by atoms with Gasteiger partial charge in [0.1, 0.15) is 11.0 Å². The average molecular weight is 480 g/mol. The maximum atomic E-state index is 12.7. The van der Waals surface area contributed by atoms with Crippen LogP contribution in [0.25, 0.3) is 16.3 Å². The van der Waals surface area contributed by atoms with Gasteiger partial charge in [-0.15, -0.1) is 11.3 Å². The summed E-state index contributed by atoms with van der Waals surface area (Å²) >= 11 is 7.86. The number of aryl methyl sites for hydroxylation is 2. The van der Waals surface area contributed by atoms with Crippen molar-refractivity contribution in [2.75, 3.05) is 10.6 Å². The average Bonchev–Trinajstić information content (AvgIpc) is 3.35. The number of aromatic nitrogens is 3.